The zero-order chi connectivity index (χ0) is 15.9. The minimum atomic E-state index is -1.18. The molecule has 0 aromatic heterocycles. The van der Waals surface area contributed by atoms with Crippen LogP contribution in [0.15, 0.2) is 42.1 Å². The molecule has 114 valence electrons. The van der Waals surface area contributed by atoms with Crippen molar-refractivity contribution in [2.24, 2.45) is 5.41 Å². The Bertz CT molecular complexity index is 515. The van der Waals surface area contributed by atoms with E-state index in [4.69, 9.17) is 9.84 Å². The zero-order valence-electron chi connectivity index (χ0n) is 12.6. The fourth-order valence-corrected chi connectivity index (χ4v) is 1.47. The molecule has 0 fully saturated rings. The van der Waals surface area contributed by atoms with Gasteiger partial charge in [-0.15, -0.1) is 0 Å². The summed E-state index contributed by atoms with van der Waals surface area (Å²) in [7, 11) is 0. The number of nitrogens with one attached hydrogen (secondary N) is 1. The number of hydrogen-bond acceptors (Lipinski definition) is 3. The van der Waals surface area contributed by atoms with Crippen molar-refractivity contribution in [2.75, 3.05) is 0 Å². The van der Waals surface area contributed by atoms with Crippen molar-refractivity contribution in [3.8, 4) is 0 Å². The molecule has 0 bridgehead atoms. The molecule has 1 rings (SSSR count). The third kappa shape index (κ3) is 7.15. The van der Waals surface area contributed by atoms with Gasteiger partial charge in [0.15, 0.2) is 0 Å². The molecule has 0 aliphatic heterocycles. The summed E-state index contributed by atoms with van der Waals surface area (Å²) in [5.41, 5.74) is 0.613. The molecule has 5 heteroatoms. The Kier molecular flexibility index (Phi) is 5.96. The molecule has 0 saturated carbocycles. The van der Waals surface area contributed by atoms with Crippen LogP contribution < -0.4 is 5.32 Å². The first-order valence-electron chi connectivity index (χ1n) is 6.69. The van der Waals surface area contributed by atoms with E-state index < -0.39 is 12.1 Å². The van der Waals surface area contributed by atoms with Crippen molar-refractivity contribution >= 4 is 12.1 Å². The summed E-state index contributed by atoms with van der Waals surface area (Å²) in [6.07, 6.45) is 1.25. The lowest BCUT2D eigenvalue weighted by molar-refractivity contribution is -0.133. The van der Waals surface area contributed by atoms with Crippen LogP contribution in [0.2, 0.25) is 0 Å². The number of hydrogen-bond donors (Lipinski definition) is 2. The molecular weight excluding hydrogens is 270 g/mol. The van der Waals surface area contributed by atoms with Gasteiger partial charge in [-0.3, -0.25) is 5.32 Å². The maximum atomic E-state index is 11.6. The molecule has 1 aromatic rings. The zero-order valence-corrected chi connectivity index (χ0v) is 12.6. The highest BCUT2D eigenvalue weighted by Gasteiger charge is 2.15. The number of aliphatic carboxylic acids is 1. The lowest BCUT2D eigenvalue weighted by atomic mass is 9.92. The summed E-state index contributed by atoms with van der Waals surface area (Å²) < 4.78 is 4.99. The van der Waals surface area contributed by atoms with E-state index in [0.29, 0.717) is 6.42 Å². The van der Waals surface area contributed by atoms with Crippen molar-refractivity contribution < 1.29 is 19.4 Å². The van der Waals surface area contributed by atoms with Crippen LogP contribution in [-0.2, 0) is 16.1 Å². The molecule has 1 aromatic carbocycles. The number of carbonyl (C=O) groups excluding carboxylic acids is 1. The Hall–Kier alpha value is -2.30. The van der Waals surface area contributed by atoms with E-state index in [1.807, 2.05) is 51.1 Å². The fraction of sp³-hybridized carbons (Fsp3) is 0.375. The minimum absolute atomic E-state index is 0.0592. The van der Waals surface area contributed by atoms with Crippen LogP contribution in [-0.4, -0.2) is 17.2 Å². The molecule has 0 saturated heterocycles. The van der Waals surface area contributed by atoms with Crippen LogP contribution in [0.3, 0.4) is 0 Å². The van der Waals surface area contributed by atoms with E-state index in [9.17, 15) is 9.59 Å². The SMILES string of the molecule is CC(C)(C)CC=C(NC(=O)OCc1ccccc1)C(=O)O. The number of rotatable bonds is 5. The average molecular weight is 291 g/mol. The molecule has 0 spiro atoms. The Balaban J connectivity index is 2.55. The predicted octanol–water partition coefficient (Wildman–Crippen LogP) is 3.32. The highest BCUT2D eigenvalue weighted by Crippen LogP contribution is 2.19. The number of carboxylic acid groups (broad SMARTS) is 1. The Labute approximate surface area is 124 Å². The number of alkyl carbamates (subject to hydrolysis) is 1. The number of amides is 1. The van der Waals surface area contributed by atoms with E-state index in [1.165, 1.54) is 6.08 Å². The number of allylic oxidation sites excluding steroid dienone is 1. The van der Waals surface area contributed by atoms with Gasteiger partial charge in [0.1, 0.15) is 12.3 Å². The highest BCUT2D eigenvalue weighted by molar-refractivity contribution is 5.90. The molecular formula is C16H21NO4. The van der Waals surface area contributed by atoms with E-state index in [1.54, 1.807) is 0 Å². The molecule has 0 atom stereocenters. The molecule has 0 aliphatic rings. The lowest BCUT2D eigenvalue weighted by Crippen LogP contribution is -2.28. The third-order valence-corrected chi connectivity index (χ3v) is 2.60. The third-order valence-electron chi connectivity index (χ3n) is 2.60. The number of ether oxygens (including phenoxy) is 1. The minimum Gasteiger partial charge on any atom is -0.477 e. The normalized spacial score (nSPS) is 11.9. The maximum Gasteiger partial charge on any atom is 0.412 e. The van der Waals surface area contributed by atoms with Crippen LogP contribution in [0.5, 0.6) is 0 Å². The van der Waals surface area contributed by atoms with Gasteiger partial charge in [-0.2, -0.15) is 0 Å². The molecule has 1 amide bonds. The second-order valence-corrected chi connectivity index (χ2v) is 5.87. The molecule has 0 aliphatic carbocycles. The predicted molar refractivity (Wildman–Crippen MR) is 79.6 cm³/mol. The maximum absolute atomic E-state index is 11.6. The smallest absolute Gasteiger partial charge is 0.412 e. The van der Waals surface area contributed by atoms with E-state index in [-0.39, 0.29) is 17.7 Å². The Morgan fingerprint density at radius 2 is 1.86 bits per heavy atom. The van der Waals surface area contributed by atoms with Crippen molar-refractivity contribution in [3.05, 3.63) is 47.7 Å². The summed E-state index contributed by atoms with van der Waals surface area (Å²) in [6, 6.07) is 9.17. The molecule has 21 heavy (non-hydrogen) atoms. The van der Waals surface area contributed by atoms with Gasteiger partial charge in [0, 0.05) is 0 Å². The van der Waals surface area contributed by atoms with Gasteiger partial charge in [0.05, 0.1) is 0 Å². The summed E-state index contributed by atoms with van der Waals surface area (Å²) in [5.74, 6) is -1.18. The average Bonchev–Trinajstić information content (AvgIpc) is 2.41. The second-order valence-electron chi connectivity index (χ2n) is 5.87. The monoisotopic (exact) mass is 291 g/mol. The summed E-state index contributed by atoms with van der Waals surface area (Å²) in [4.78, 5) is 22.7. The molecule has 0 unspecified atom stereocenters. The van der Waals surface area contributed by atoms with E-state index in [0.717, 1.165) is 5.56 Å². The van der Waals surface area contributed by atoms with Crippen LogP contribution in [0, 0.1) is 5.41 Å². The van der Waals surface area contributed by atoms with Crippen LogP contribution in [0.25, 0.3) is 0 Å². The fourth-order valence-electron chi connectivity index (χ4n) is 1.47. The first-order valence-corrected chi connectivity index (χ1v) is 6.69. The quantitative estimate of drug-likeness (QED) is 0.816. The summed E-state index contributed by atoms with van der Waals surface area (Å²) in [5, 5.41) is 11.3. The van der Waals surface area contributed by atoms with Crippen molar-refractivity contribution in [1.82, 2.24) is 5.32 Å². The topological polar surface area (TPSA) is 75.6 Å². The molecule has 2 N–H and O–H groups in total. The van der Waals surface area contributed by atoms with Crippen LogP contribution >= 0.6 is 0 Å². The standard InChI is InChI=1S/C16H21NO4/c1-16(2,3)10-9-13(14(18)19)17-15(20)21-11-12-7-5-4-6-8-12/h4-9H,10-11H2,1-3H3,(H,17,20)(H,18,19). The summed E-state index contributed by atoms with van der Waals surface area (Å²) >= 11 is 0. The Morgan fingerprint density at radius 3 is 2.38 bits per heavy atom. The van der Waals surface area contributed by atoms with Gasteiger partial charge in [-0.25, -0.2) is 9.59 Å². The lowest BCUT2D eigenvalue weighted by Gasteiger charge is -2.15. The molecule has 0 radical (unpaired) electrons. The van der Waals surface area contributed by atoms with Gasteiger partial charge in [-0.1, -0.05) is 57.2 Å². The highest BCUT2D eigenvalue weighted by atomic mass is 16.5. The van der Waals surface area contributed by atoms with Gasteiger partial charge in [0.25, 0.3) is 0 Å². The number of carboxylic acids is 1. The largest absolute Gasteiger partial charge is 0.477 e. The molecule has 5 nitrogen and oxygen atoms in total. The van der Waals surface area contributed by atoms with Gasteiger partial charge in [0.2, 0.25) is 0 Å². The van der Waals surface area contributed by atoms with Gasteiger partial charge in [-0.05, 0) is 17.4 Å². The van der Waals surface area contributed by atoms with Gasteiger partial charge >= 0.3 is 12.1 Å². The second kappa shape index (κ2) is 7.47. The van der Waals surface area contributed by atoms with Crippen LogP contribution in [0.1, 0.15) is 32.8 Å². The van der Waals surface area contributed by atoms with Crippen molar-refractivity contribution in [2.45, 2.75) is 33.8 Å². The number of carbonyl (C=O) groups is 2. The van der Waals surface area contributed by atoms with E-state index in [2.05, 4.69) is 5.32 Å². The van der Waals surface area contributed by atoms with E-state index >= 15 is 0 Å². The number of benzene rings is 1. The van der Waals surface area contributed by atoms with Crippen molar-refractivity contribution in [3.63, 3.8) is 0 Å². The first kappa shape index (κ1) is 16.8. The van der Waals surface area contributed by atoms with Gasteiger partial charge < -0.3 is 9.84 Å². The molecule has 0 heterocycles. The Morgan fingerprint density at radius 1 is 1.24 bits per heavy atom. The first-order chi connectivity index (χ1) is 9.78. The summed E-state index contributed by atoms with van der Waals surface area (Å²) in [6.45, 7) is 6.04. The van der Waals surface area contributed by atoms with Crippen molar-refractivity contribution in [1.29, 1.82) is 0 Å². The van der Waals surface area contributed by atoms with Crippen LogP contribution in [0.4, 0.5) is 4.79 Å².